The molecule has 125 heavy (non-hydrogen) atoms. The van der Waals surface area contributed by atoms with Crippen molar-refractivity contribution in [2.45, 2.75) is 46.0 Å². The van der Waals surface area contributed by atoms with E-state index in [0.29, 0.717) is 5.46 Å². The summed E-state index contributed by atoms with van der Waals surface area (Å²) in [6, 6.07) is 148. The Bertz CT molecular complexity index is 7880. The van der Waals surface area contributed by atoms with Crippen LogP contribution < -0.4 is 15.3 Å². The maximum absolute atomic E-state index is 9.48. The summed E-state index contributed by atoms with van der Waals surface area (Å²) in [7, 11) is -1.47. The summed E-state index contributed by atoms with van der Waals surface area (Å²) in [4.78, 5) is 4.59. The van der Waals surface area contributed by atoms with Gasteiger partial charge < -0.3 is 29.0 Å². The summed E-state index contributed by atoms with van der Waals surface area (Å²) < 4.78 is 11.3. The molecule has 600 valence electrons. The predicted octanol–water partition coefficient (Wildman–Crippen LogP) is 31.6. The lowest BCUT2D eigenvalue weighted by atomic mass is 9.80. The van der Waals surface area contributed by atoms with Crippen LogP contribution in [0.15, 0.2) is 417 Å². The molecule has 0 aliphatic heterocycles. The first-order valence-electron chi connectivity index (χ1n) is 42.3. The van der Waals surface area contributed by atoms with Gasteiger partial charge >= 0.3 is 7.12 Å². The van der Waals surface area contributed by atoms with E-state index in [9.17, 15) is 10.0 Å². The number of benzene rings is 18. The molecule has 0 fully saturated rings. The van der Waals surface area contributed by atoms with Crippen LogP contribution >= 0.6 is 38.6 Å². The van der Waals surface area contributed by atoms with Gasteiger partial charge in [-0.3, -0.25) is 0 Å². The molecule has 22 aromatic rings. The zero-order valence-corrected chi connectivity index (χ0v) is 71.9. The van der Waals surface area contributed by atoms with Crippen LogP contribution in [0.3, 0.4) is 0 Å². The number of rotatable bonds is 12. The van der Waals surface area contributed by atoms with Gasteiger partial charge in [0.05, 0.1) is 22.1 Å². The first-order valence-corrected chi connectivity index (χ1v) is 44.7. The van der Waals surface area contributed by atoms with Crippen molar-refractivity contribution in [1.29, 1.82) is 0 Å². The Morgan fingerprint density at radius 3 is 1.04 bits per heavy atom. The van der Waals surface area contributed by atoms with Crippen LogP contribution in [0.2, 0.25) is 0 Å². The van der Waals surface area contributed by atoms with Gasteiger partial charge in [0, 0.05) is 123 Å². The minimum absolute atomic E-state index is 0. The van der Waals surface area contributed by atoms with Gasteiger partial charge in [-0.15, -0.1) is 22.7 Å². The average Bonchev–Trinajstić information content (AvgIpc) is 1.57. The fourth-order valence-electron chi connectivity index (χ4n) is 19.5. The monoisotopic (exact) mass is 1710 g/mol. The lowest BCUT2D eigenvalue weighted by molar-refractivity contribution is 0.426. The number of halogens is 1. The summed E-state index contributed by atoms with van der Waals surface area (Å²) in [5, 5.41) is 29.3. The second kappa shape index (κ2) is 31.8. The SMILES string of the molecule is Brc1ccc2sc3ccc4c5cc(-c6ccccc6)ccc5n(-c5ccccc5)c4c3c2c1.C.CC1(C)c2ccccc2-c2ccc(N(c3ccccc3)c3ccc(-c4ccc5sc6ccc7c8cc(-c9ccccc9)ccc8n(-c8ccccc8)c7c6c5c4)cc3)cc21.CC1(C)c2ccccc2-c2ccc(N(c3ccccc3)c3ccc(B(O)O)cc3)cc21. The molecule has 2 N–H and O–H groups in total. The molecular formula is C115H86BBrN4O2S2. The van der Waals surface area contributed by atoms with Gasteiger partial charge in [-0.25, -0.2) is 0 Å². The van der Waals surface area contributed by atoms with E-state index in [4.69, 9.17) is 0 Å². The van der Waals surface area contributed by atoms with Crippen LogP contribution in [-0.4, -0.2) is 26.3 Å². The van der Waals surface area contributed by atoms with Crippen molar-refractivity contribution in [3.63, 3.8) is 0 Å². The van der Waals surface area contributed by atoms with Gasteiger partial charge in [0.2, 0.25) is 0 Å². The Morgan fingerprint density at radius 1 is 0.272 bits per heavy atom. The normalized spacial score (nSPS) is 12.7. The summed E-state index contributed by atoms with van der Waals surface area (Å²) in [6.07, 6.45) is 0. The van der Waals surface area contributed by atoms with Crippen molar-refractivity contribution in [2.75, 3.05) is 9.80 Å². The van der Waals surface area contributed by atoms with Crippen LogP contribution in [0.1, 0.15) is 57.4 Å². The van der Waals surface area contributed by atoms with Crippen molar-refractivity contribution in [3.8, 4) is 67.0 Å². The van der Waals surface area contributed by atoms with Gasteiger partial charge in [0.25, 0.3) is 0 Å². The highest BCUT2D eigenvalue weighted by Gasteiger charge is 2.38. The Morgan fingerprint density at radius 2 is 0.600 bits per heavy atom. The largest absolute Gasteiger partial charge is 0.488 e. The zero-order valence-electron chi connectivity index (χ0n) is 68.7. The summed E-state index contributed by atoms with van der Waals surface area (Å²) in [5.74, 6) is 0. The molecule has 0 saturated heterocycles. The van der Waals surface area contributed by atoms with Gasteiger partial charge in [0.1, 0.15) is 0 Å². The number of aromatic nitrogens is 2. The Balaban J connectivity index is 0.000000124. The number of para-hydroxylation sites is 4. The number of hydrogen-bond acceptors (Lipinski definition) is 6. The molecule has 0 bridgehead atoms. The van der Waals surface area contributed by atoms with E-state index in [-0.39, 0.29) is 18.3 Å². The van der Waals surface area contributed by atoms with E-state index in [0.717, 1.165) is 38.6 Å². The molecule has 0 amide bonds. The molecule has 6 nitrogen and oxygen atoms in total. The summed E-state index contributed by atoms with van der Waals surface area (Å²) in [6.45, 7) is 9.27. The zero-order chi connectivity index (χ0) is 83.5. The number of thiophene rings is 2. The molecule has 18 aromatic carbocycles. The number of fused-ring (bicyclic) bond motifs is 20. The molecule has 10 heteroatoms. The van der Waals surface area contributed by atoms with E-state index in [2.05, 4.69) is 433 Å². The molecule has 4 aromatic heterocycles. The van der Waals surface area contributed by atoms with Crippen molar-refractivity contribution < 1.29 is 10.0 Å². The van der Waals surface area contributed by atoms with Crippen molar-refractivity contribution >= 4 is 169 Å². The second-order valence-corrected chi connectivity index (χ2v) is 36.5. The van der Waals surface area contributed by atoms with Gasteiger partial charge in [-0.2, -0.15) is 0 Å². The quantitative estimate of drug-likeness (QED) is 0.120. The summed E-state index contributed by atoms with van der Waals surface area (Å²) >= 11 is 7.44. The van der Waals surface area contributed by atoms with E-state index in [1.54, 1.807) is 12.1 Å². The van der Waals surface area contributed by atoms with E-state index in [1.807, 2.05) is 53.0 Å². The maximum Gasteiger partial charge on any atom is 0.488 e. The molecule has 4 heterocycles. The standard InChI is InChI=1S/C57H40N2S.C30H18BrNS.C27H24BNO2.CH4/c1-57(2)50-21-13-12-20-45(50)46-29-28-44(36-51(46)57)58(41-16-8-4-9-17-41)43-26-22-38(23-27-43)40-25-32-53-49(35-40)55-54(60-53)33-30-47-48-34-39(37-14-6-3-7-15-37)24-31-52(48)59(56(47)55)42-18-10-5-11-19-42;31-21-12-15-27-25(18-21)29-28(33-27)16-13-23-24-17-20(19-7-3-1-4-8-19)11-14-26(24)32(30(23)29)22-9-5-2-6-10-22;1-27(2)25-11-7-6-10-23(25)24-17-16-22(18-26(24)27)29(20-8-4-3-5-9-20)21-14-12-19(13-15-21)28(30)31;/h3-36H,1-2H3;1-18H;3-18,30-31H,1-2H3;1H4. The first-order chi connectivity index (χ1) is 60.7. The Kier molecular flexibility index (Phi) is 19.9. The number of nitrogens with zero attached hydrogens (tertiary/aromatic N) is 4. The molecule has 0 unspecified atom stereocenters. The Labute approximate surface area is 744 Å². The first kappa shape index (κ1) is 78.3. The molecule has 2 aliphatic rings. The molecule has 0 radical (unpaired) electrons. The minimum atomic E-state index is -1.47. The average molecular weight is 1710 g/mol. The number of anilines is 6. The highest BCUT2D eigenvalue weighted by atomic mass is 79.9. The molecular weight excluding hydrogens is 1620 g/mol. The third-order valence-corrected chi connectivity index (χ3v) is 28.3. The van der Waals surface area contributed by atoms with Gasteiger partial charge in [-0.05, 0) is 247 Å². The van der Waals surface area contributed by atoms with Crippen molar-refractivity contribution in [1.82, 2.24) is 9.13 Å². The molecule has 24 rings (SSSR count). The third kappa shape index (κ3) is 13.5. The topological polar surface area (TPSA) is 56.8 Å². The van der Waals surface area contributed by atoms with Crippen LogP contribution in [0.5, 0.6) is 0 Å². The van der Waals surface area contributed by atoms with Gasteiger partial charge in [-0.1, -0.05) is 300 Å². The van der Waals surface area contributed by atoms with Crippen LogP contribution in [-0.2, 0) is 10.8 Å². The minimum Gasteiger partial charge on any atom is -0.423 e. The van der Waals surface area contributed by atoms with Gasteiger partial charge in [0.15, 0.2) is 0 Å². The molecule has 0 saturated carbocycles. The number of hydrogen-bond donors (Lipinski definition) is 2. The van der Waals surface area contributed by atoms with E-state index in [1.165, 1.54) is 173 Å². The fourth-order valence-corrected chi connectivity index (χ4v) is 22.0. The van der Waals surface area contributed by atoms with E-state index < -0.39 is 7.12 Å². The van der Waals surface area contributed by atoms with Crippen LogP contribution in [0, 0.1) is 0 Å². The lowest BCUT2D eigenvalue weighted by Crippen LogP contribution is -2.29. The highest BCUT2D eigenvalue weighted by molar-refractivity contribution is 9.10. The third-order valence-electron chi connectivity index (χ3n) is 25.5. The van der Waals surface area contributed by atoms with Crippen molar-refractivity contribution in [2.24, 2.45) is 0 Å². The summed E-state index contributed by atoms with van der Waals surface area (Å²) in [5.41, 5.74) is 32.2. The van der Waals surface area contributed by atoms with Crippen LogP contribution in [0.25, 0.3) is 151 Å². The molecule has 0 spiro atoms. The fraction of sp³-hybridized carbons (Fsp3) is 0.0609. The Hall–Kier alpha value is -13.9. The van der Waals surface area contributed by atoms with Crippen LogP contribution in [0.4, 0.5) is 34.1 Å². The maximum atomic E-state index is 9.48. The van der Waals surface area contributed by atoms with E-state index >= 15 is 0 Å². The predicted molar refractivity (Wildman–Crippen MR) is 539 cm³/mol. The smallest absolute Gasteiger partial charge is 0.423 e. The van der Waals surface area contributed by atoms with Crippen molar-refractivity contribution in [3.05, 3.63) is 439 Å². The highest BCUT2D eigenvalue weighted by Crippen LogP contribution is 2.54. The lowest BCUT2D eigenvalue weighted by Gasteiger charge is -2.28. The molecule has 2 aliphatic carbocycles. The molecule has 0 atom stereocenters. The second-order valence-electron chi connectivity index (χ2n) is 33.4.